The molecule has 2 aliphatic rings. The van der Waals surface area contributed by atoms with Gasteiger partial charge in [-0.2, -0.15) is 0 Å². The smallest absolute Gasteiger partial charge is 0.0113 e. The van der Waals surface area contributed by atoms with Gasteiger partial charge in [-0.25, -0.2) is 0 Å². The quantitative estimate of drug-likeness (QED) is 0.853. The summed E-state index contributed by atoms with van der Waals surface area (Å²) < 4.78 is 0. The highest BCUT2D eigenvalue weighted by molar-refractivity contribution is 5.30. The first kappa shape index (κ1) is 12.2. The molecule has 0 aromatic heterocycles. The second-order valence-corrected chi connectivity index (χ2v) is 6.21. The summed E-state index contributed by atoms with van der Waals surface area (Å²) >= 11 is 0. The average Bonchev–Trinajstić information content (AvgIpc) is 2.92. The van der Waals surface area contributed by atoms with E-state index in [4.69, 9.17) is 0 Å². The van der Waals surface area contributed by atoms with E-state index in [2.05, 4.69) is 36.5 Å². The summed E-state index contributed by atoms with van der Waals surface area (Å²) in [5, 5.41) is 3.90. The number of hydrogen-bond donors (Lipinski definition) is 1. The summed E-state index contributed by atoms with van der Waals surface area (Å²) in [6.45, 7) is 2.40. The molecule has 1 heteroatoms. The lowest BCUT2D eigenvalue weighted by molar-refractivity contribution is 0.324. The molecule has 0 aliphatic heterocycles. The first-order valence-corrected chi connectivity index (χ1v) is 7.66. The van der Waals surface area contributed by atoms with Crippen LogP contribution in [0.1, 0.15) is 50.2 Å². The molecule has 1 N–H and O–H groups in total. The van der Waals surface area contributed by atoms with Crippen molar-refractivity contribution in [2.24, 2.45) is 5.92 Å². The van der Waals surface area contributed by atoms with Crippen LogP contribution in [0, 0.1) is 5.92 Å². The summed E-state index contributed by atoms with van der Waals surface area (Å²) in [7, 11) is 0. The number of aryl methyl sites for hydroxylation is 1. The van der Waals surface area contributed by atoms with Crippen molar-refractivity contribution in [2.45, 2.75) is 64.0 Å². The van der Waals surface area contributed by atoms with E-state index in [1.54, 1.807) is 11.1 Å². The Morgan fingerprint density at radius 2 is 1.78 bits per heavy atom. The topological polar surface area (TPSA) is 12.0 Å². The van der Waals surface area contributed by atoms with Crippen molar-refractivity contribution in [1.82, 2.24) is 5.32 Å². The van der Waals surface area contributed by atoms with Crippen LogP contribution in [-0.2, 0) is 12.8 Å². The monoisotopic (exact) mass is 243 g/mol. The fourth-order valence-corrected chi connectivity index (χ4v) is 3.81. The summed E-state index contributed by atoms with van der Waals surface area (Å²) in [6.07, 6.45) is 9.58. The molecule has 98 valence electrons. The van der Waals surface area contributed by atoms with Crippen molar-refractivity contribution >= 4 is 0 Å². The number of fused-ring (bicyclic) bond motifs is 1. The van der Waals surface area contributed by atoms with Gasteiger partial charge in [-0.1, -0.05) is 37.1 Å². The van der Waals surface area contributed by atoms with Crippen LogP contribution >= 0.6 is 0 Å². The maximum absolute atomic E-state index is 3.90. The Morgan fingerprint density at radius 1 is 1.06 bits per heavy atom. The molecule has 18 heavy (non-hydrogen) atoms. The van der Waals surface area contributed by atoms with E-state index in [-0.39, 0.29) is 0 Å². The number of hydrogen-bond acceptors (Lipinski definition) is 1. The van der Waals surface area contributed by atoms with Crippen LogP contribution in [0.2, 0.25) is 0 Å². The van der Waals surface area contributed by atoms with E-state index >= 15 is 0 Å². The molecule has 2 unspecified atom stereocenters. The Hall–Kier alpha value is -0.820. The van der Waals surface area contributed by atoms with E-state index in [0.717, 1.165) is 5.92 Å². The van der Waals surface area contributed by atoms with Crippen LogP contribution in [-0.4, -0.2) is 12.1 Å². The number of benzene rings is 1. The molecule has 1 fully saturated rings. The molecule has 0 bridgehead atoms. The zero-order valence-electron chi connectivity index (χ0n) is 11.5. The number of nitrogens with one attached hydrogen (secondary N) is 1. The molecule has 1 saturated carbocycles. The molecule has 1 aromatic rings. The van der Waals surface area contributed by atoms with Crippen molar-refractivity contribution in [1.29, 1.82) is 0 Å². The highest BCUT2D eigenvalue weighted by atomic mass is 15.0. The van der Waals surface area contributed by atoms with Gasteiger partial charge in [-0.3, -0.25) is 0 Å². The molecule has 1 nitrogen and oxygen atoms in total. The standard InChI is InChI=1S/C17H25N/c1-13(14-6-2-3-7-14)18-17-11-10-15-8-4-5-9-16(15)12-17/h4-5,8-9,13-14,17-18H,2-3,6-7,10-12H2,1H3. The molecule has 1 aromatic carbocycles. The molecule has 3 rings (SSSR count). The van der Waals surface area contributed by atoms with E-state index < -0.39 is 0 Å². The predicted molar refractivity (Wildman–Crippen MR) is 76.8 cm³/mol. The SMILES string of the molecule is CC(NC1CCc2ccccc2C1)C1CCCC1. The largest absolute Gasteiger partial charge is 0.311 e. The van der Waals surface area contributed by atoms with Crippen LogP contribution in [0.25, 0.3) is 0 Å². The minimum atomic E-state index is 0.704. The number of rotatable bonds is 3. The van der Waals surface area contributed by atoms with E-state index in [0.29, 0.717) is 12.1 Å². The van der Waals surface area contributed by atoms with Crippen LogP contribution in [0.15, 0.2) is 24.3 Å². The van der Waals surface area contributed by atoms with Crippen molar-refractivity contribution in [3.8, 4) is 0 Å². The van der Waals surface area contributed by atoms with Gasteiger partial charge in [-0.05, 0) is 56.1 Å². The van der Waals surface area contributed by atoms with E-state index in [1.165, 1.54) is 44.9 Å². The van der Waals surface area contributed by atoms with Crippen molar-refractivity contribution < 1.29 is 0 Å². The summed E-state index contributed by atoms with van der Waals surface area (Å²) in [6, 6.07) is 10.4. The van der Waals surface area contributed by atoms with Gasteiger partial charge in [0.1, 0.15) is 0 Å². The fourth-order valence-electron chi connectivity index (χ4n) is 3.81. The molecule has 0 radical (unpaired) electrons. The summed E-state index contributed by atoms with van der Waals surface area (Å²) in [4.78, 5) is 0. The van der Waals surface area contributed by atoms with E-state index in [1.807, 2.05) is 0 Å². The van der Waals surface area contributed by atoms with Crippen molar-refractivity contribution in [2.75, 3.05) is 0 Å². The first-order valence-electron chi connectivity index (χ1n) is 7.66. The lowest BCUT2D eigenvalue weighted by atomic mass is 9.87. The Bertz CT molecular complexity index is 392. The lowest BCUT2D eigenvalue weighted by Crippen LogP contribution is -2.43. The van der Waals surface area contributed by atoms with Gasteiger partial charge in [0.25, 0.3) is 0 Å². The molecular weight excluding hydrogens is 218 g/mol. The Balaban J connectivity index is 1.59. The second-order valence-electron chi connectivity index (χ2n) is 6.21. The van der Waals surface area contributed by atoms with Crippen molar-refractivity contribution in [3.05, 3.63) is 35.4 Å². The molecule has 0 heterocycles. The zero-order valence-corrected chi connectivity index (χ0v) is 11.5. The minimum Gasteiger partial charge on any atom is -0.311 e. The van der Waals surface area contributed by atoms with Crippen LogP contribution in [0.3, 0.4) is 0 Å². The molecular formula is C17H25N. The third-order valence-corrected chi connectivity index (χ3v) is 4.95. The zero-order chi connectivity index (χ0) is 12.4. The van der Waals surface area contributed by atoms with Crippen LogP contribution in [0.5, 0.6) is 0 Å². The third-order valence-electron chi connectivity index (χ3n) is 4.95. The van der Waals surface area contributed by atoms with Gasteiger partial charge < -0.3 is 5.32 Å². The van der Waals surface area contributed by atoms with Gasteiger partial charge >= 0.3 is 0 Å². The molecule has 2 aliphatic carbocycles. The van der Waals surface area contributed by atoms with Gasteiger partial charge in [0.15, 0.2) is 0 Å². The normalized spacial score (nSPS) is 25.9. The summed E-state index contributed by atoms with van der Waals surface area (Å²) in [5.74, 6) is 0.933. The maximum atomic E-state index is 3.90. The van der Waals surface area contributed by atoms with Gasteiger partial charge in [-0.15, -0.1) is 0 Å². The first-order chi connectivity index (χ1) is 8.83. The van der Waals surface area contributed by atoms with Crippen LogP contribution in [0.4, 0.5) is 0 Å². The maximum Gasteiger partial charge on any atom is 0.0113 e. The Labute approximate surface area is 111 Å². The van der Waals surface area contributed by atoms with Crippen molar-refractivity contribution in [3.63, 3.8) is 0 Å². The molecule has 0 saturated heterocycles. The average molecular weight is 243 g/mol. The van der Waals surface area contributed by atoms with E-state index in [9.17, 15) is 0 Å². The predicted octanol–water partition coefficient (Wildman–Crippen LogP) is 3.71. The second kappa shape index (κ2) is 5.44. The third kappa shape index (κ3) is 2.61. The van der Waals surface area contributed by atoms with Gasteiger partial charge in [0, 0.05) is 12.1 Å². The molecule has 2 atom stereocenters. The summed E-state index contributed by atoms with van der Waals surface area (Å²) in [5.41, 5.74) is 3.14. The highest BCUT2D eigenvalue weighted by Crippen LogP contribution is 2.29. The Morgan fingerprint density at radius 3 is 2.56 bits per heavy atom. The minimum absolute atomic E-state index is 0.704. The van der Waals surface area contributed by atoms with Gasteiger partial charge in [0.2, 0.25) is 0 Å². The van der Waals surface area contributed by atoms with Gasteiger partial charge in [0.05, 0.1) is 0 Å². The van der Waals surface area contributed by atoms with Crippen LogP contribution < -0.4 is 5.32 Å². The fraction of sp³-hybridized carbons (Fsp3) is 0.647. The highest BCUT2D eigenvalue weighted by Gasteiger charge is 2.25. The molecule has 0 amide bonds. The molecule has 0 spiro atoms. The lowest BCUT2D eigenvalue weighted by Gasteiger charge is -2.30. The Kier molecular flexibility index (Phi) is 3.69.